The van der Waals surface area contributed by atoms with Crippen LogP contribution >= 0.6 is 0 Å². The summed E-state index contributed by atoms with van der Waals surface area (Å²) in [7, 11) is 0. The van der Waals surface area contributed by atoms with Gasteiger partial charge in [0.05, 0.1) is 12.0 Å². The molecule has 0 radical (unpaired) electrons. The molecule has 1 aromatic rings. The van der Waals surface area contributed by atoms with Crippen molar-refractivity contribution in [3.63, 3.8) is 0 Å². The average molecular weight is 360 g/mol. The fourth-order valence-electron chi connectivity index (χ4n) is 3.72. The third kappa shape index (κ3) is 4.59. The Morgan fingerprint density at radius 2 is 2.08 bits per heavy atom. The topological polar surface area (TPSA) is 97.6 Å². The number of piperidine rings is 1. The van der Waals surface area contributed by atoms with E-state index in [1.54, 1.807) is 11.0 Å². The highest BCUT2D eigenvalue weighted by molar-refractivity contribution is 5.92. The van der Waals surface area contributed by atoms with Crippen LogP contribution in [-0.2, 0) is 14.3 Å². The molecule has 7 nitrogen and oxygen atoms in total. The van der Waals surface area contributed by atoms with Crippen LogP contribution in [0.25, 0.3) is 0 Å². The van der Waals surface area contributed by atoms with Crippen molar-refractivity contribution in [2.45, 2.75) is 38.6 Å². The Bertz CT molecular complexity index is 645. The van der Waals surface area contributed by atoms with Gasteiger partial charge >= 0.3 is 0 Å². The number of anilines is 1. The summed E-state index contributed by atoms with van der Waals surface area (Å²) in [4.78, 5) is 31.4. The van der Waals surface area contributed by atoms with Crippen LogP contribution in [0.4, 0.5) is 5.82 Å². The fraction of sp³-hybridized carbons (Fsp3) is 0.632. The van der Waals surface area contributed by atoms with E-state index in [0.717, 1.165) is 31.4 Å². The molecular formula is C19H28N4O3. The Morgan fingerprint density at radius 3 is 2.81 bits per heavy atom. The van der Waals surface area contributed by atoms with Crippen molar-refractivity contribution in [3.05, 3.63) is 23.9 Å². The Balaban J connectivity index is 1.57. The van der Waals surface area contributed by atoms with Gasteiger partial charge in [0.15, 0.2) is 0 Å². The third-order valence-electron chi connectivity index (χ3n) is 5.30. The van der Waals surface area contributed by atoms with Crippen molar-refractivity contribution in [2.24, 2.45) is 17.6 Å². The number of carbonyl (C=O) groups excluding carboxylic acids is 2. The first kappa shape index (κ1) is 18.8. The average Bonchev–Trinajstić information content (AvgIpc) is 2.67. The van der Waals surface area contributed by atoms with Gasteiger partial charge in [-0.2, -0.15) is 0 Å². The lowest BCUT2D eigenvalue weighted by molar-refractivity contribution is -0.137. The maximum absolute atomic E-state index is 12.8. The SMILES string of the molecule is Cc1cccc(NC(=O)C2CCCN(C(=O)C(N)C3CCOCC3)C2)n1. The molecule has 26 heavy (non-hydrogen) atoms. The van der Waals surface area contributed by atoms with Gasteiger partial charge in [0.25, 0.3) is 0 Å². The summed E-state index contributed by atoms with van der Waals surface area (Å²) >= 11 is 0. The van der Waals surface area contributed by atoms with Crippen LogP contribution in [-0.4, -0.2) is 54.0 Å². The number of pyridine rings is 1. The first-order valence-corrected chi connectivity index (χ1v) is 9.41. The standard InChI is InChI=1S/C19H28N4O3/c1-13-4-2-6-16(21-13)22-18(24)15-5-3-9-23(12-15)19(25)17(20)14-7-10-26-11-8-14/h2,4,6,14-15,17H,3,5,7-12,20H2,1H3,(H,21,22,24). The molecule has 3 rings (SSSR count). The molecule has 0 aromatic carbocycles. The molecule has 2 atom stereocenters. The first-order chi connectivity index (χ1) is 12.5. The van der Waals surface area contributed by atoms with Gasteiger partial charge in [-0.3, -0.25) is 9.59 Å². The van der Waals surface area contributed by atoms with Crippen molar-refractivity contribution in [2.75, 3.05) is 31.6 Å². The van der Waals surface area contributed by atoms with Crippen LogP contribution in [0.3, 0.4) is 0 Å². The van der Waals surface area contributed by atoms with Crippen LogP contribution in [0.15, 0.2) is 18.2 Å². The Hall–Kier alpha value is -1.99. The minimum Gasteiger partial charge on any atom is -0.381 e. The quantitative estimate of drug-likeness (QED) is 0.844. The second-order valence-electron chi connectivity index (χ2n) is 7.25. The van der Waals surface area contributed by atoms with E-state index in [0.29, 0.717) is 32.1 Å². The highest BCUT2D eigenvalue weighted by atomic mass is 16.5. The van der Waals surface area contributed by atoms with Gasteiger partial charge in [0.1, 0.15) is 5.82 Å². The highest BCUT2D eigenvalue weighted by Gasteiger charge is 2.34. The number of likely N-dealkylation sites (tertiary alicyclic amines) is 1. The lowest BCUT2D eigenvalue weighted by Crippen LogP contribution is -2.52. The zero-order valence-corrected chi connectivity index (χ0v) is 15.3. The molecule has 2 fully saturated rings. The van der Waals surface area contributed by atoms with E-state index >= 15 is 0 Å². The molecule has 2 aliphatic heterocycles. The van der Waals surface area contributed by atoms with Gasteiger partial charge in [-0.05, 0) is 50.7 Å². The van der Waals surface area contributed by atoms with Gasteiger partial charge in [-0.1, -0.05) is 6.07 Å². The van der Waals surface area contributed by atoms with E-state index in [9.17, 15) is 9.59 Å². The van der Waals surface area contributed by atoms with Crippen LogP contribution in [0.5, 0.6) is 0 Å². The summed E-state index contributed by atoms with van der Waals surface area (Å²) in [6.07, 6.45) is 3.23. The molecule has 0 saturated carbocycles. The van der Waals surface area contributed by atoms with Crippen molar-refractivity contribution < 1.29 is 14.3 Å². The molecule has 2 unspecified atom stereocenters. The predicted octanol–water partition coefficient (Wildman–Crippen LogP) is 1.32. The minimum atomic E-state index is -0.501. The Morgan fingerprint density at radius 1 is 1.31 bits per heavy atom. The maximum Gasteiger partial charge on any atom is 0.239 e. The number of hydrogen-bond acceptors (Lipinski definition) is 5. The number of amides is 2. The number of hydrogen-bond donors (Lipinski definition) is 2. The molecule has 1 aromatic heterocycles. The van der Waals surface area contributed by atoms with Crippen molar-refractivity contribution in [3.8, 4) is 0 Å². The lowest BCUT2D eigenvalue weighted by atomic mass is 9.90. The number of nitrogens with two attached hydrogens (primary N) is 1. The van der Waals surface area contributed by atoms with Gasteiger partial charge < -0.3 is 20.7 Å². The molecule has 2 aliphatic rings. The summed E-state index contributed by atoms with van der Waals surface area (Å²) in [5, 5.41) is 2.87. The number of aryl methyl sites for hydroxylation is 1. The molecule has 0 spiro atoms. The van der Waals surface area contributed by atoms with Gasteiger partial charge in [0.2, 0.25) is 11.8 Å². The van der Waals surface area contributed by atoms with Crippen LogP contribution in [0.1, 0.15) is 31.4 Å². The summed E-state index contributed by atoms with van der Waals surface area (Å²) in [5.41, 5.74) is 7.08. The highest BCUT2D eigenvalue weighted by Crippen LogP contribution is 2.23. The predicted molar refractivity (Wildman–Crippen MR) is 98.4 cm³/mol. The lowest BCUT2D eigenvalue weighted by Gasteiger charge is -2.36. The zero-order chi connectivity index (χ0) is 18.5. The van der Waals surface area contributed by atoms with Gasteiger partial charge in [-0.15, -0.1) is 0 Å². The monoisotopic (exact) mass is 360 g/mol. The minimum absolute atomic E-state index is 0.0388. The number of rotatable bonds is 4. The number of nitrogens with one attached hydrogen (secondary N) is 1. The molecule has 0 aliphatic carbocycles. The molecule has 142 valence electrons. The van der Waals surface area contributed by atoms with Crippen LogP contribution < -0.4 is 11.1 Å². The molecular weight excluding hydrogens is 332 g/mol. The van der Waals surface area contributed by atoms with E-state index in [1.807, 2.05) is 19.1 Å². The molecule has 2 saturated heterocycles. The van der Waals surface area contributed by atoms with Crippen molar-refractivity contribution >= 4 is 17.6 Å². The molecule has 7 heteroatoms. The smallest absolute Gasteiger partial charge is 0.239 e. The first-order valence-electron chi connectivity index (χ1n) is 9.41. The fourth-order valence-corrected chi connectivity index (χ4v) is 3.72. The van der Waals surface area contributed by atoms with E-state index in [1.165, 1.54) is 0 Å². The second-order valence-corrected chi connectivity index (χ2v) is 7.25. The van der Waals surface area contributed by atoms with Crippen LogP contribution in [0, 0.1) is 18.8 Å². The Labute approximate surface area is 154 Å². The number of nitrogens with zero attached hydrogens (tertiary/aromatic N) is 2. The molecule has 3 N–H and O–H groups in total. The van der Waals surface area contributed by atoms with Gasteiger partial charge in [-0.25, -0.2) is 4.98 Å². The third-order valence-corrected chi connectivity index (χ3v) is 5.30. The Kier molecular flexibility index (Phi) is 6.21. The van der Waals surface area contributed by atoms with E-state index < -0.39 is 6.04 Å². The number of ether oxygens (including phenoxy) is 1. The van der Waals surface area contributed by atoms with E-state index in [-0.39, 0.29) is 23.7 Å². The summed E-state index contributed by atoms with van der Waals surface area (Å²) in [6, 6.07) is 5.02. The number of carbonyl (C=O) groups is 2. The normalized spacial score (nSPS) is 22.7. The van der Waals surface area contributed by atoms with Crippen molar-refractivity contribution in [1.82, 2.24) is 9.88 Å². The maximum atomic E-state index is 12.8. The summed E-state index contributed by atoms with van der Waals surface area (Å²) in [6.45, 7) is 4.31. The molecule has 3 heterocycles. The zero-order valence-electron chi connectivity index (χ0n) is 15.3. The largest absolute Gasteiger partial charge is 0.381 e. The van der Waals surface area contributed by atoms with Crippen LogP contribution in [0.2, 0.25) is 0 Å². The summed E-state index contributed by atoms with van der Waals surface area (Å²) < 4.78 is 5.35. The van der Waals surface area contributed by atoms with Crippen molar-refractivity contribution in [1.29, 1.82) is 0 Å². The molecule has 0 bridgehead atoms. The molecule has 2 amide bonds. The summed E-state index contributed by atoms with van der Waals surface area (Å²) in [5.74, 6) is 0.375. The number of aromatic nitrogens is 1. The van der Waals surface area contributed by atoms with Gasteiger partial charge in [0, 0.05) is 32.0 Å². The van der Waals surface area contributed by atoms with E-state index in [4.69, 9.17) is 10.5 Å². The second kappa shape index (κ2) is 8.60. The van der Waals surface area contributed by atoms with E-state index in [2.05, 4.69) is 10.3 Å².